The van der Waals surface area contributed by atoms with Gasteiger partial charge in [0.15, 0.2) is 0 Å². The van der Waals surface area contributed by atoms with Crippen LogP contribution in [-0.4, -0.2) is 29.7 Å². The predicted molar refractivity (Wildman–Crippen MR) is 90.2 cm³/mol. The smallest absolute Gasteiger partial charge is 0.416 e. The van der Waals surface area contributed by atoms with Crippen molar-refractivity contribution in [3.8, 4) is 6.07 Å². The molecule has 7 heteroatoms. The van der Waals surface area contributed by atoms with Gasteiger partial charge in [-0.05, 0) is 57.7 Å². The molecule has 1 aromatic rings. The minimum absolute atomic E-state index is 0.365. The van der Waals surface area contributed by atoms with Crippen LogP contribution in [0.15, 0.2) is 24.3 Å². The largest absolute Gasteiger partial charge is 0.444 e. The second-order valence-electron chi connectivity index (χ2n) is 7.73. The number of nitrogens with zero attached hydrogens (tertiary/aromatic N) is 2. The van der Waals surface area contributed by atoms with Gasteiger partial charge in [-0.25, -0.2) is 4.79 Å². The highest BCUT2D eigenvalue weighted by atomic mass is 19.4. The fraction of sp³-hybridized carbons (Fsp3) is 0.579. The van der Waals surface area contributed by atoms with Gasteiger partial charge in [-0.15, -0.1) is 0 Å². The van der Waals surface area contributed by atoms with Crippen molar-refractivity contribution in [2.75, 3.05) is 13.1 Å². The van der Waals surface area contributed by atoms with E-state index in [4.69, 9.17) is 4.74 Å². The van der Waals surface area contributed by atoms with E-state index in [1.807, 2.05) is 0 Å². The number of halogens is 3. The average Bonchev–Trinajstić information content (AvgIpc) is 2.53. The third-order valence-corrected chi connectivity index (χ3v) is 4.43. The number of ether oxygens (including phenoxy) is 1. The Balaban J connectivity index is 2.01. The van der Waals surface area contributed by atoms with Crippen LogP contribution < -0.4 is 0 Å². The summed E-state index contributed by atoms with van der Waals surface area (Å²) in [5.41, 5.74) is -1.28. The highest BCUT2D eigenvalue weighted by Gasteiger charge is 2.38. The average molecular weight is 368 g/mol. The summed E-state index contributed by atoms with van der Waals surface area (Å²) in [4.78, 5) is 13.7. The van der Waals surface area contributed by atoms with Gasteiger partial charge in [-0.1, -0.05) is 12.1 Å². The van der Waals surface area contributed by atoms with E-state index in [2.05, 4.69) is 6.07 Å². The molecule has 1 amide bonds. The summed E-state index contributed by atoms with van der Waals surface area (Å²) in [6.45, 7) is 6.16. The minimum Gasteiger partial charge on any atom is -0.444 e. The van der Waals surface area contributed by atoms with E-state index in [1.54, 1.807) is 25.7 Å². The number of piperidine rings is 1. The van der Waals surface area contributed by atoms with E-state index in [1.165, 1.54) is 12.1 Å². The first-order valence-electron chi connectivity index (χ1n) is 8.49. The van der Waals surface area contributed by atoms with Gasteiger partial charge in [0.2, 0.25) is 0 Å². The van der Waals surface area contributed by atoms with E-state index in [9.17, 15) is 23.2 Å². The lowest BCUT2D eigenvalue weighted by Crippen LogP contribution is -2.45. The molecule has 142 valence electrons. The third-order valence-electron chi connectivity index (χ3n) is 4.43. The Hall–Kier alpha value is -2.23. The van der Waals surface area contributed by atoms with Gasteiger partial charge in [0.1, 0.15) is 5.60 Å². The lowest BCUT2D eigenvalue weighted by molar-refractivity contribution is -0.137. The topological polar surface area (TPSA) is 53.3 Å². The molecular formula is C19H23F3N2O2. The van der Waals surface area contributed by atoms with Crippen LogP contribution in [0.25, 0.3) is 0 Å². The van der Waals surface area contributed by atoms with E-state index in [-0.39, 0.29) is 0 Å². The lowest BCUT2D eigenvalue weighted by atomic mass is 9.75. The molecule has 0 spiro atoms. The van der Waals surface area contributed by atoms with Crippen LogP contribution in [0.1, 0.15) is 44.7 Å². The summed E-state index contributed by atoms with van der Waals surface area (Å²) < 4.78 is 43.3. The van der Waals surface area contributed by atoms with Crippen LogP contribution in [0.3, 0.4) is 0 Å². The molecule has 0 bridgehead atoms. The van der Waals surface area contributed by atoms with Crippen LogP contribution in [0.4, 0.5) is 18.0 Å². The van der Waals surface area contributed by atoms with Gasteiger partial charge < -0.3 is 9.64 Å². The Morgan fingerprint density at radius 2 is 1.73 bits per heavy atom. The molecule has 1 aliphatic heterocycles. The second kappa shape index (κ2) is 7.18. The van der Waals surface area contributed by atoms with Crippen molar-refractivity contribution < 1.29 is 22.7 Å². The molecule has 0 radical (unpaired) electrons. The molecule has 1 saturated heterocycles. The number of benzene rings is 1. The first-order chi connectivity index (χ1) is 11.9. The number of hydrogen-bond acceptors (Lipinski definition) is 3. The Morgan fingerprint density at radius 3 is 2.15 bits per heavy atom. The quantitative estimate of drug-likeness (QED) is 0.754. The molecule has 0 unspecified atom stereocenters. The van der Waals surface area contributed by atoms with Gasteiger partial charge in [-0.2, -0.15) is 18.4 Å². The van der Waals surface area contributed by atoms with Crippen molar-refractivity contribution >= 4 is 6.09 Å². The van der Waals surface area contributed by atoms with Crippen molar-refractivity contribution in [2.24, 2.45) is 5.41 Å². The van der Waals surface area contributed by atoms with E-state index in [0.29, 0.717) is 37.9 Å². The molecule has 2 rings (SSSR count). The van der Waals surface area contributed by atoms with Crippen molar-refractivity contribution in [1.29, 1.82) is 5.26 Å². The van der Waals surface area contributed by atoms with Gasteiger partial charge in [-0.3, -0.25) is 0 Å². The van der Waals surface area contributed by atoms with Gasteiger partial charge in [0, 0.05) is 13.1 Å². The highest BCUT2D eigenvalue weighted by molar-refractivity contribution is 5.68. The maximum atomic E-state index is 12.7. The molecule has 0 aromatic heterocycles. The number of carbonyl (C=O) groups is 1. The van der Waals surface area contributed by atoms with E-state index >= 15 is 0 Å². The predicted octanol–water partition coefficient (Wildman–Crippen LogP) is 4.79. The number of carbonyl (C=O) groups excluding carboxylic acids is 1. The summed E-state index contributed by atoms with van der Waals surface area (Å²) in [6.07, 6.45) is -3.49. The fourth-order valence-corrected chi connectivity index (χ4v) is 2.97. The standard InChI is InChI=1S/C19H23F3N2O2/c1-17(2,3)26-16(25)24-10-8-18(13-23,9-11-24)12-14-4-6-15(7-5-14)19(20,21)22/h4-7H,8-12H2,1-3H3. The van der Waals surface area contributed by atoms with Gasteiger partial charge >= 0.3 is 12.3 Å². The lowest BCUT2D eigenvalue weighted by Gasteiger charge is -2.38. The number of likely N-dealkylation sites (tertiary alicyclic amines) is 1. The molecular weight excluding hydrogens is 345 g/mol. The summed E-state index contributed by atoms with van der Waals surface area (Å²) in [5.74, 6) is 0. The molecule has 1 aliphatic rings. The monoisotopic (exact) mass is 368 g/mol. The van der Waals surface area contributed by atoms with Crippen LogP contribution in [-0.2, 0) is 17.3 Å². The number of nitriles is 1. The van der Waals surface area contributed by atoms with Crippen molar-refractivity contribution in [2.45, 2.75) is 51.8 Å². The number of rotatable bonds is 2. The first kappa shape index (κ1) is 20.1. The number of alkyl halides is 3. The van der Waals surface area contributed by atoms with Crippen LogP contribution in [0, 0.1) is 16.7 Å². The number of amides is 1. The minimum atomic E-state index is -4.37. The Labute approximate surface area is 151 Å². The summed E-state index contributed by atoms with van der Waals surface area (Å²) in [6, 6.07) is 7.23. The Bertz CT molecular complexity index is 677. The Morgan fingerprint density at radius 1 is 1.19 bits per heavy atom. The maximum Gasteiger partial charge on any atom is 0.416 e. The zero-order chi connectivity index (χ0) is 19.6. The molecule has 1 heterocycles. The zero-order valence-corrected chi connectivity index (χ0v) is 15.2. The molecule has 0 atom stereocenters. The first-order valence-corrected chi connectivity index (χ1v) is 8.49. The molecule has 0 saturated carbocycles. The molecule has 0 N–H and O–H groups in total. The van der Waals surface area contributed by atoms with E-state index in [0.717, 1.165) is 12.1 Å². The van der Waals surface area contributed by atoms with Crippen molar-refractivity contribution in [1.82, 2.24) is 4.90 Å². The zero-order valence-electron chi connectivity index (χ0n) is 15.2. The van der Waals surface area contributed by atoms with Gasteiger partial charge in [0.25, 0.3) is 0 Å². The molecule has 1 aromatic carbocycles. The molecule has 26 heavy (non-hydrogen) atoms. The Kier molecular flexibility index (Phi) is 5.55. The molecule has 1 fully saturated rings. The van der Waals surface area contributed by atoms with Gasteiger partial charge in [0.05, 0.1) is 17.0 Å². The van der Waals surface area contributed by atoms with Crippen LogP contribution in [0.2, 0.25) is 0 Å². The van der Waals surface area contributed by atoms with Crippen LogP contribution in [0.5, 0.6) is 0 Å². The SMILES string of the molecule is CC(C)(C)OC(=O)N1CCC(C#N)(Cc2ccc(C(F)(F)F)cc2)CC1. The normalized spacial score (nSPS) is 17.5. The summed E-state index contributed by atoms with van der Waals surface area (Å²) in [5, 5.41) is 9.63. The summed E-state index contributed by atoms with van der Waals surface area (Å²) >= 11 is 0. The highest BCUT2D eigenvalue weighted by Crippen LogP contribution is 2.36. The van der Waals surface area contributed by atoms with Crippen LogP contribution >= 0.6 is 0 Å². The number of hydrogen-bond donors (Lipinski definition) is 0. The summed E-state index contributed by atoms with van der Waals surface area (Å²) in [7, 11) is 0. The van der Waals surface area contributed by atoms with Crippen molar-refractivity contribution in [3.63, 3.8) is 0 Å². The van der Waals surface area contributed by atoms with E-state index < -0.39 is 28.8 Å². The maximum absolute atomic E-state index is 12.7. The van der Waals surface area contributed by atoms with Crippen molar-refractivity contribution in [3.05, 3.63) is 35.4 Å². The second-order valence-corrected chi connectivity index (χ2v) is 7.73. The third kappa shape index (κ3) is 5.13. The molecule has 4 nitrogen and oxygen atoms in total. The fourth-order valence-electron chi connectivity index (χ4n) is 2.97. The molecule has 0 aliphatic carbocycles.